The van der Waals surface area contributed by atoms with Gasteiger partial charge in [-0.25, -0.2) is 9.78 Å². The maximum atomic E-state index is 11.8. The molecule has 2 amide bonds. The average molecular weight is 274 g/mol. The molecule has 0 saturated heterocycles. The standard InChI is InChI=1S/C14H18N4O2/c1-10(19)11-4-3-5-12(8-11)17-14(20)16-9-13-15-6-7-18(13)2/h3-8,10,19H,9H2,1-2H3,(H2,16,17,20). The van der Waals surface area contributed by atoms with Crippen molar-refractivity contribution in [2.45, 2.75) is 19.6 Å². The van der Waals surface area contributed by atoms with Crippen molar-refractivity contribution < 1.29 is 9.90 Å². The van der Waals surface area contributed by atoms with Gasteiger partial charge in [-0.3, -0.25) is 0 Å². The van der Waals surface area contributed by atoms with Crippen molar-refractivity contribution in [1.29, 1.82) is 0 Å². The van der Waals surface area contributed by atoms with Crippen LogP contribution in [0.15, 0.2) is 36.7 Å². The maximum Gasteiger partial charge on any atom is 0.319 e. The van der Waals surface area contributed by atoms with E-state index in [1.54, 1.807) is 31.3 Å². The van der Waals surface area contributed by atoms with Gasteiger partial charge < -0.3 is 20.3 Å². The molecule has 1 aromatic carbocycles. The molecule has 106 valence electrons. The van der Waals surface area contributed by atoms with Crippen LogP contribution in [0.5, 0.6) is 0 Å². The van der Waals surface area contributed by atoms with Crippen molar-refractivity contribution in [3.05, 3.63) is 48.0 Å². The first-order chi connectivity index (χ1) is 9.56. The summed E-state index contributed by atoms with van der Waals surface area (Å²) in [7, 11) is 1.87. The van der Waals surface area contributed by atoms with Crippen molar-refractivity contribution in [2.75, 3.05) is 5.32 Å². The molecule has 20 heavy (non-hydrogen) atoms. The molecule has 2 rings (SSSR count). The van der Waals surface area contributed by atoms with Gasteiger partial charge in [0.2, 0.25) is 0 Å². The van der Waals surface area contributed by atoms with Gasteiger partial charge in [0.05, 0.1) is 12.6 Å². The minimum absolute atomic E-state index is 0.309. The normalized spacial score (nSPS) is 11.9. The van der Waals surface area contributed by atoms with Gasteiger partial charge in [-0.05, 0) is 24.6 Å². The van der Waals surface area contributed by atoms with E-state index in [-0.39, 0.29) is 6.03 Å². The number of benzene rings is 1. The Morgan fingerprint density at radius 2 is 2.30 bits per heavy atom. The number of carbonyl (C=O) groups is 1. The van der Waals surface area contributed by atoms with Crippen molar-refractivity contribution in [3.8, 4) is 0 Å². The lowest BCUT2D eigenvalue weighted by Crippen LogP contribution is -2.29. The summed E-state index contributed by atoms with van der Waals surface area (Å²) in [5, 5.41) is 14.9. The summed E-state index contributed by atoms with van der Waals surface area (Å²) >= 11 is 0. The van der Waals surface area contributed by atoms with Gasteiger partial charge in [0.1, 0.15) is 5.82 Å². The van der Waals surface area contributed by atoms with Crippen molar-refractivity contribution in [2.24, 2.45) is 7.05 Å². The minimum atomic E-state index is -0.563. The van der Waals surface area contributed by atoms with Crippen LogP contribution in [0.25, 0.3) is 0 Å². The second-order valence-electron chi connectivity index (χ2n) is 4.56. The lowest BCUT2D eigenvalue weighted by Gasteiger charge is -2.10. The lowest BCUT2D eigenvalue weighted by atomic mass is 10.1. The molecule has 6 nitrogen and oxygen atoms in total. The highest BCUT2D eigenvalue weighted by atomic mass is 16.3. The molecule has 1 aromatic heterocycles. The second-order valence-corrected chi connectivity index (χ2v) is 4.56. The number of imidazole rings is 1. The molecule has 0 radical (unpaired) electrons. The molecule has 2 aromatic rings. The number of aliphatic hydroxyl groups is 1. The Bertz CT molecular complexity index is 592. The van der Waals surface area contributed by atoms with Gasteiger partial charge in [0, 0.05) is 25.1 Å². The van der Waals surface area contributed by atoms with E-state index in [2.05, 4.69) is 15.6 Å². The van der Waals surface area contributed by atoms with Crippen LogP contribution in [0.2, 0.25) is 0 Å². The third-order valence-electron chi connectivity index (χ3n) is 2.95. The zero-order valence-electron chi connectivity index (χ0n) is 11.5. The molecule has 1 heterocycles. The van der Waals surface area contributed by atoms with E-state index >= 15 is 0 Å². The van der Waals surface area contributed by atoms with Crippen LogP contribution in [0, 0.1) is 0 Å². The predicted molar refractivity (Wildman–Crippen MR) is 76.1 cm³/mol. The molecule has 0 saturated carbocycles. The number of anilines is 1. The maximum absolute atomic E-state index is 11.8. The fourth-order valence-corrected chi connectivity index (χ4v) is 1.78. The molecule has 0 aliphatic rings. The monoisotopic (exact) mass is 274 g/mol. The zero-order chi connectivity index (χ0) is 14.5. The Hall–Kier alpha value is -2.34. The number of nitrogens with one attached hydrogen (secondary N) is 2. The number of aryl methyl sites for hydroxylation is 1. The minimum Gasteiger partial charge on any atom is -0.389 e. The Balaban J connectivity index is 1.91. The van der Waals surface area contributed by atoms with Crippen LogP contribution in [0.3, 0.4) is 0 Å². The lowest BCUT2D eigenvalue weighted by molar-refractivity contribution is 0.199. The van der Waals surface area contributed by atoms with Crippen LogP contribution >= 0.6 is 0 Å². The van der Waals surface area contributed by atoms with Crippen LogP contribution in [0.4, 0.5) is 10.5 Å². The Morgan fingerprint density at radius 3 is 2.95 bits per heavy atom. The number of hydrogen-bond acceptors (Lipinski definition) is 3. The Kier molecular flexibility index (Phi) is 4.37. The molecule has 0 spiro atoms. The van der Waals surface area contributed by atoms with E-state index in [1.807, 2.05) is 23.9 Å². The van der Waals surface area contributed by atoms with Crippen molar-refractivity contribution in [3.63, 3.8) is 0 Å². The third-order valence-corrected chi connectivity index (χ3v) is 2.95. The number of urea groups is 1. The second kappa shape index (κ2) is 6.21. The van der Waals surface area contributed by atoms with Gasteiger partial charge >= 0.3 is 6.03 Å². The smallest absolute Gasteiger partial charge is 0.319 e. The van der Waals surface area contributed by atoms with E-state index in [1.165, 1.54) is 0 Å². The van der Waals surface area contributed by atoms with Crippen molar-refractivity contribution >= 4 is 11.7 Å². The third kappa shape index (κ3) is 3.58. The van der Waals surface area contributed by atoms with E-state index in [0.717, 1.165) is 11.4 Å². The number of aliphatic hydroxyl groups excluding tert-OH is 1. The van der Waals surface area contributed by atoms with Gasteiger partial charge in [0.25, 0.3) is 0 Å². The van der Waals surface area contributed by atoms with Crippen LogP contribution in [0.1, 0.15) is 24.4 Å². The molecule has 0 aliphatic carbocycles. The number of amides is 2. The zero-order valence-corrected chi connectivity index (χ0v) is 11.5. The molecule has 1 atom stereocenters. The quantitative estimate of drug-likeness (QED) is 0.795. The number of hydrogen-bond donors (Lipinski definition) is 3. The van der Waals surface area contributed by atoms with Gasteiger partial charge in [-0.1, -0.05) is 12.1 Å². The highest BCUT2D eigenvalue weighted by Crippen LogP contribution is 2.16. The van der Waals surface area contributed by atoms with E-state index < -0.39 is 6.10 Å². The predicted octanol–water partition coefficient (Wildman–Crippen LogP) is 1.80. The SMILES string of the molecule is CC(O)c1cccc(NC(=O)NCc2nccn2C)c1. The van der Waals surface area contributed by atoms with Crippen LogP contribution in [-0.4, -0.2) is 20.7 Å². The molecule has 0 bridgehead atoms. The molecule has 6 heteroatoms. The summed E-state index contributed by atoms with van der Waals surface area (Å²) in [6, 6.07) is 6.80. The summed E-state index contributed by atoms with van der Waals surface area (Å²) < 4.78 is 1.84. The number of carbonyl (C=O) groups excluding carboxylic acids is 1. The number of aromatic nitrogens is 2. The molecular formula is C14H18N4O2. The van der Waals surface area contributed by atoms with E-state index in [4.69, 9.17) is 0 Å². The molecule has 0 aliphatic heterocycles. The Labute approximate surface area is 117 Å². The molecule has 3 N–H and O–H groups in total. The summed E-state index contributed by atoms with van der Waals surface area (Å²) in [6.07, 6.45) is 2.94. The Morgan fingerprint density at radius 1 is 1.50 bits per heavy atom. The summed E-state index contributed by atoms with van der Waals surface area (Å²) in [4.78, 5) is 15.9. The molecule has 1 unspecified atom stereocenters. The summed E-state index contributed by atoms with van der Waals surface area (Å²) in [6.45, 7) is 2.03. The van der Waals surface area contributed by atoms with Gasteiger partial charge in [-0.15, -0.1) is 0 Å². The first-order valence-electron chi connectivity index (χ1n) is 6.35. The number of rotatable bonds is 4. The highest BCUT2D eigenvalue weighted by Gasteiger charge is 2.06. The van der Waals surface area contributed by atoms with E-state index in [0.29, 0.717) is 12.2 Å². The number of nitrogens with zero attached hydrogens (tertiary/aromatic N) is 2. The fourth-order valence-electron chi connectivity index (χ4n) is 1.78. The topological polar surface area (TPSA) is 79.2 Å². The van der Waals surface area contributed by atoms with Gasteiger partial charge in [0.15, 0.2) is 0 Å². The average Bonchev–Trinajstić information content (AvgIpc) is 2.82. The van der Waals surface area contributed by atoms with Crippen LogP contribution in [-0.2, 0) is 13.6 Å². The van der Waals surface area contributed by atoms with E-state index in [9.17, 15) is 9.90 Å². The first kappa shape index (κ1) is 14.1. The van der Waals surface area contributed by atoms with Crippen LogP contribution < -0.4 is 10.6 Å². The fraction of sp³-hybridized carbons (Fsp3) is 0.286. The largest absolute Gasteiger partial charge is 0.389 e. The van der Waals surface area contributed by atoms with Crippen molar-refractivity contribution in [1.82, 2.24) is 14.9 Å². The first-order valence-corrected chi connectivity index (χ1v) is 6.35. The molecule has 0 fully saturated rings. The highest BCUT2D eigenvalue weighted by molar-refractivity contribution is 5.89. The molecular weight excluding hydrogens is 256 g/mol. The summed E-state index contributed by atoms with van der Waals surface area (Å²) in [5.41, 5.74) is 1.40. The van der Waals surface area contributed by atoms with Gasteiger partial charge in [-0.2, -0.15) is 0 Å². The summed E-state index contributed by atoms with van der Waals surface area (Å²) in [5.74, 6) is 0.776.